The number of aromatic nitrogens is 2. The lowest BCUT2D eigenvalue weighted by Crippen LogP contribution is -2.34. The molecule has 0 bridgehead atoms. The lowest BCUT2D eigenvalue weighted by atomic mass is 10.2. The zero-order valence-corrected chi connectivity index (χ0v) is 15.6. The van der Waals surface area contributed by atoms with Crippen molar-refractivity contribution in [1.29, 1.82) is 0 Å². The number of nitrogens with one attached hydrogen (secondary N) is 2. The number of likely N-dealkylation sites (N-methyl/N-ethyl adjacent to an activating group) is 1. The zero-order chi connectivity index (χ0) is 18.6. The maximum Gasteiger partial charge on any atom is 0.321 e. The molecule has 2 N–H and O–H groups in total. The first kappa shape index (κ1) is 18.8. The van der Waals surface area contributed by atoms with Crippen molar-refractivity contribution < 1.29 is 13.2 Å². The Morgan fingerprint density at radius 1 is 1.32 bits per heavy atom. The average molecular weight is 365 g/mol. The second-order valence-electron chi connectivity index (χ2n) is 5.92. The lowest BCUT2D eigenvalue weighted by molar-refractivity contribution is 0.220. The molecule has 2 amide bonds. The van der Waals surface area contributed by atoms with E-state index in [1.807, 2.05) is 24.6 Å². The Bertz CT molecular complexity index is 860. The molecule has 8 nitrogen and oxygen atoms in total. The van der Waals surface area contributed by atoms with E-state index in [1.54, 1.807) is 36.3 Å². The smallest absolute Gasteiger partial charge is 0.321 e. The Hall–Kier alpha value is -2.55. The molecular formula is C16H23N5O3S. The quantitative estimate of drug-likeness (QED) is 0.819. The molecule has 0 aliphatic rings. The molecule has 1 aromatic carbocycles. The summed E-state index contributed by atoms with van der Waals surface area (Å²) in [5.74, 6) is 0.893. The Labute approximate surface area is 147 Å². The minimum Gasteiger partial charge on any atom is -0.333 e. The molecule has 2 rings (SSSR count). The summed E-state index contributed by atoms with van der Waals surface area (Å²) in [4.78, 5) is 18.1. The van der Waals surface area contributed by atoms with E-state index < -0.39 is 10.0 Å². The number of aryl methyl sites for hydroxylation is 2. The number of sulfonamides is 1. The molecule has 0 unspecified atom stereocenters. The summed E-state index contributed by atoms with van der Waals surface area (Å²) in [5, 5.41) is 2.81. The minimum atomic E-state index is -3.37. The molecule has 0 atom stereocenters. The van der Waals surface area contributed by atoms with Gasteiger partial charge in [0.1, 0.15) is 5.82 Å². The fourth-order valence-corrected chi connectivity index (χ4v) is 2.80. The first-order valence-electron chi connectivity index (χ1n) is 7.74. The van der Waals surface area contributed by atoms with Gasteiger partial charge in [-0.25, -0.2) is 18.2 Å². The molecule has 2 aromatic rings. The largest absolute Gasteiger partial charge is 0.333 e. The summed E-state index contributed by atoms with van der Waals surface area (Å²) >= 11 is 0. The highest BCUT2D eigenvalue weighted by Crippen LogP contribution is 2.21. The van der Waals surface area contributed by atoms with Crippen molar-refractivity contribution in [2.75, 3.05) is 29.9 Å². The Morgan fingerprint density at radius 2 is 2.04 bits per heavy atom. The Morgan fingerprint density at radius 3 is 2.64 bits per heavy atom. The maximum atomic E-state index is 12.4. The molecule has 0 saturated carbocycles. The summed E-state index contributed by atoms with van der Waals surface area (Å²) in [6, 6.07) is 4.73. The van der Waals surface area contributed by atoms with Crippen molar-refractivity contribution in [3.8, 4) is 0 Å². The van der Waals surface area contributed by atoms with Crippen molar-refractivity contribution in [3.05, 3.63) is 42.0 Å². The van der Waals surface area contributed by atoms with Crippen LogP contribution in [-0.4, -0.2) is 48.7 Å². The van der Waals surface area contributed by atoms with Crippen LogP contribution in [0, 0.1) is 13.8 Å². The standard InChI is InChI=1S/C16H23N5O3S/c1-12-5-6-14(19-25(4,23)24)11-15(12)18-16(22)20(3)9-10-21-8-7-17-13(21)2/h5-8,11,19H,9-10H2,1-4H3,(H,18,22). The number of carbonyl (C=O) groups excluding carboxylic acids is 1. The summed E-state index contributed by atoms with van der Waals surface area (Å²) in [6.45, 7) is 4.91. The average Bonchev–Trinajstić information content (AvgIpc) is 2.92. The van der Waals surface area contributed by atoms with Gasteiger partial charge in [-0.2, -0.15) is 0 Å². The number of imidazole rings is 1. The third-order valence-corrected chi connectivity index (χ3v) is 4.34. The molecule has 9 heteroatoms. The Balaban J connectivity index is 2.01. The first-order chi connectivity index (χ1) is 11.7. The van der Waals surface area contributed by atoms with Crippen LogP contribution in [0.5, 0.6) is 0 Å². The molecule has 0 aliphatic carbocycles. The normalized spacial score (nSPS) is 11.2. The van der Waals surface area contributed by atoms with Gasteiger partial charge in [-0.1, -0.05) is 6.07 Å². The number of hydrogen-bond donors (Lipinski definition) is 2. The van der Waals surface area contributed by atoms with Crippen LogP contribution in [0.1, 0.15) is 11.4 Å². The maximum absolute atomic E-state index is 12.4. The highest BCUT2D eigenvalue weighted by atomic mass is 32.2. The highest BCUT2D eigenvalue weighted by molar-refractivity contribution is 7.92. The third kappa shape index (κ3) is 5.49. The number of urea groups is 1. The van der Waals surface area contributed by atoms with Crippen LogP contribution in [0.4, 0.5) is 16.2 Å². The first-order valence-corrected chi connectivity index (χ1v) is 9.63. The summed E-state index contributed by atoms with van der Waals surface area (Å²) in [6.07, 6.45) is 4.67. The van der Waals surface area contributed by atoms with E-state index in [2.05, 4.69) is 15.0 Å². The topological polar surface area (TPSA) is 96.3 Å². The lowest BCUT2D eigenvalue weighted by Gasteiger charge is -2.20. The minimum absolute atomic E-state index is 0.266. The van der Waals surface area contributed by atoms with E-state index in [0.717, 1.165) is 17.6 Å². The van der Waals surface area contributed by atoms with Crippen LogP contribution < -0.4 is 10.0 Å². The summed E-state index contributed by atoms with van der Waals surface area (Å²) < 4.78 is 27.0. The van der Waals surface area contributed by atoms with Gasteiger partial charge in [0, 0.05) is 38.2 Å². The van der Waals surface area contributed by atoms with Crippen molar-refractivity contribution in [1.82, 2.24) is 14.5 Å². The number of amides is 2. The molecule has 0 saturated heterocycles. The molecule has 1 heterocycles. The Kier molecular flexibility index (Phi) is 5.68. The van der Waals surface area contributed by atoms with Crippen LogP contribution in [0.3, 0.4) is 0 Å². The van der Waals surface area contributed by atoms with Gasteiger partial charge in [-0.05, 0) is 31.5 Å². The van der Waals surface area contributed by atoms with E-state index >= 15 is 0 Å². The van der Waals surface area contributed by atoms with Crippen LogP contribution in [0.2, 0.25) is 0 Å². The van der Waals surface area contributed by atoms with Gasteiger partial charge in [0.25, 0.3) is 0 Å². The molecule has 25 heavy (non-hydrogen) atoms. The number of benzene rings is 1. The second kappa shape index (κ2) is 7.56. The number of hydrogen-bond acceptors (Lipinski definition) is 4. The predicted molar refractivity (Wildman–Crippen MR) is 98.3 cm³/mol. The third-order valence-electron chi connectivity index (χ3n) is 3.73. The van der Waals surface area contributed by atoms with Gasteiger partial charge < -0.3 is 14.8 Å². The second-order valence-corrected chi connectivity index (χ2v) is 7.67. The van der Waals surface area contributed by atoms with Crippen molar-refractivity contribution in [2.45, 2.75) is 20.4 Å². The molecule has 0 radical (unpaired) electrons. The van der Waals surface area contributed by atoms with Crippen LogP contribution in [0.25, 0.3) is 0 Å². The molecule has 136 valence electrons. The fourth-order valence-electron chi connectivity index (χ4n) is 2.24. The molecular weight excluding hydrogens is 342 g/mol. The van der Waals surface area contributed by atoms with Crippen LogP contribution in [0.15, 0.2) is 30.6 Å². The number of nitrogens with zero attached hydrogens (tertiary/aromatic N) is 3. The molecule has 0 aliphatic heterocycles. The highest BCUT2D eigenvalue weighted by Gasteiger charge is 2.12. The summed E-state index contributed by atoms with van der Waals surface area (Å²) in [7, 11) is -1.67. The van der Waals surface area contributed by atoms with Crippen molar-refractivity contribution in [3.63, 3.8) is 0 Å². The molecule has 0 spiro atoms. The molecule has 0 fully saturated rings. The molecule has 1 aromatic heterocycles. The predicted octanol–water partition coefficient (Wildman–Crippen LogP) is 2.04. The van der Waals surface area contributed by atoms with Crippen molar-refractivity contribution in [2.24, 2.45) is 0 Å². The number of anilines is 2. The van der Waals surface area contributed by atoms with Crippen molar-refractivity contribution >= 4 is 27.4 Å². The van der Waals surface area contributed by atoms with Gasteiger partial charge in [-0.3, -0.25) is 4.72 Å². The summed E-state index contributed by atoms with van der Waals surface area (Å²) in [5.41, 5.74) is 1.80. The monoisotopic (exact) mass is 365 g/mol. The fraction of sp³-hybridized carbons (Fsp3) is 0.375. The number of rotatable bonds is 6. The SMILES string of the molecule is Cc1ccc(NS(C)(=O)=O)cc1NC(=O)N(C)CCn1ccnc1C. The van der Waals surface area contributed by atoms with E-state index in [9.17, 15) is 13.2 Å². The van der Waals surface area contributed by atoms with E-state index in [1.165, 1.54) is 0 Å². The van der Waals surface area contributed by atoms with Gasteiger partial charge in [0.15, 0.2) is 0 Å². The van der Waals surface area contributed by atoms with Gasteiger partial charge in [0.2, 0.25) is 10.0 Å². The van der Waals surface area contributed by atoms with Crippen LogP contribution >= 0.6 is 0 Å². The van der Waals surface area contributed by atoms with Gasteiger partial charge in [0.05, 0.1) is 11.9 Å². The van der Waals surface area contributed by atoms with Crippen LogP contribution in [-0.2, 0) is 16.6 Å². The van der Waals surface area contributed by atoms with E-state index in [0.29, 0.717) is 24.5 Å². The number of carbonyl (C=O) groups is 1. The van der Waals surface area contributed by atoms with E-state index in [4.69, 9.17) is 0 Å². The van der Waals surface area contributed by atoms with Gasteiger partial charge >= 0.3 is 6.03 Å². The van der Waals surface area contributed by atoms with E-state index in [-0.39, 0.29) is 6.03 Å². The van der Waals surface area contributed by atoms with Gasteiger partial charge in [-0.15, -0.1) is 0 Å². The zero-order valence-electron chi connectivity index (χ0n) is 14.8.